The molecule has 0 aromatic heterocycles. The Balaban J connectivity index is 2.30. The fourth-order valence-corrected chi connectivity index (χ4v) is 1.73. The zero-order valence-corrected chi connectivity index (χ0v) is 10.3. The fraction of sp³-hybridized carbons (Fsp3) is 0.0714. The van der Waals surface area contributed by atoms with Crippen LogP contribution in [0.25, 0.3) is 0 Å². The van der Waals surface area contributed by atoms with Crippen LogP contribution in [0.15, 0.2) is 48.5 Å². The highest BCUT2D eigenvalue weighted by atomic mass is 16.6. The molecule has 0 saturated heterocycles. The molecule has 0 atom stereocenters. The molecule has 2 rings (SSSR count). The minimum absolute atomic E-state index is 0.0583. The minimum Gasteiger partial charge on any atom is -0.345 e. The van der Waals surface area contributed by atoms with Gasteiger partial charge in [-0.2, -0.15) is 5.26 Å². The summed E-state index contributed by atoms with van der Waals surface area (Å²) in [6.07, 6.45) is 0. The highest BCUT2D eigenvalue weighted by Crippen LogP contribution is 2.25. The Morgan fingerprint density at radius 2 is 1.84 bits per heavy atom. The van der Waals surface area contributed by atoms with Gasteiger partial charge in [0.15, 0.2) is 0 Å². The lowest BCUT2D eigenvalue weighted by atomic mass is 10.2. The van der Waals surface area contributed by atoms with E-state index in [2.05, 4.69) is 6.07 Å². The van der Waals surface area contributed by atoms with Crippen molar-refractivity contribution in [3.8, 4) is 6.07 Å². The molecular formula is C14H11N3O2. The van der Waals surface area contributed by atoms with E-state index in [9.17, 15) is 10.1 Å². The monoisotopic (exact) mass is 253 g/mol. The van der Waals surface area contributed by atoms with Gasteiger partial charge in [0, 0.05) is 30.6 Å². The predicted molar refractivity (Wildman–Crippen MR) is 72.3 cm³/mol. The van der Waals surface area contributed by atoms with E-state index < -0.39 is 4.92 Å². The van der Waals surface area contributed by atoms with Gasteiger partial charge in [-0.1, -0.05) is 6.07 Å². The number of nitro benzene ring substituents is 1. The third-order valence-corrected chi connectivity index (χ3v) is 2.81. The number of anilines is 2. The van der Waals surface area contributed by atoms with Crippen LogP contribution in [-0.2, 0) is 0 Å². The van der Waals surface area contributed by atoms with Gasteiger partial charge in [0.2, 0.25) is 0 Å². The summed E-state index contributed by atoms with van der Waals surface area (Å²) >= 11 is 0. The van der Waals surface area contributed by atoms with Crippen LogP contribution in [0.3, 0.4) is 0 Å². The largest absolute Gasteiger partial charge is 0.345 e. The van der Waals surface area contributed by atoms with Gasteiger partial charge in [0.25, 0.3) is 5.69 Å². The van der Waals surface area contributed by atoms with E-state index >= 15 is 0 Å². The van der Waals surface area contributed by atoms with Crippen molar-refractivity contribution in [3.63, 3.8) is 0 Å². The molecule has 5 nitrogen and oxygen atoms in total. The first-order valence-electron chi connectivity index (χ1n) is 5.60. The Hall–Kier alpha value is -2.87. The quantitative estimate of drug-likeness (QED) is 0.622. The number of hydrogen-bond donors (Lipinski definition) is 0. The molecule has 2 aromatic rings. The van der Waals surface area contributed by atoms with Crippen molar-refractivity contribution in [2.24, 2.45) is 0 Å². The number of nitrogens with zero attached hydrogens (tertiary/aromatic N) is 3. The lowest BCUT2D eigenvalue weighted by Gasteiger charge is -2.19. The number of hydrogen-bond acceptors (Lipinski definition) is 4. The standard InChI is InChI=1S/C14H11N3O2/c1-16(14-4-2-3-11(9-14)10-15)12-5-7-13(8-6-12)17(18)19/h2-9H,1H3. The van der Waals surface area contributed by atoms with Gasteiger partial charge in [0.05, 0.1) is 16.6 Å². The second-order valence-electron chi connectivity index (χ2n) is 3.99. The van der Waals surface area contributed by atoms with Gasteiger partial charge in [-0.25, -0.2) is 0 Å². The van der Waals surface area contributed by atoms with Crippen molar-refractivity contribution in [2.45, 2.75) is 0 Å². The molecule has 0 aliphatic rings. The van der Waals surface area contributed by atoms with E-state index in [1.807, 2.05) is 18.0 Å². The fourth-order valence-electron chi connectivity index (χ4n) is 1.73. The van der Waals surface area contributed by atoms with Crippen molar-refractivity contribution < 1.29 is 4.92 Å². The van der Waals surface area contributed by atoms with E-state index in [0.29, 0.717) is 5.56 Å². The molecule has 94 valence electrons. The number of rotatable bonds is 3. The van der Waals surface area contributed by atoms with Gasteiger partial charge >= 0.3 is 0 Å². The summed E-state index contributed by atoms with van der Waals surface area (Å²) in [5.41, 5.74) is 2.31. The Morgan fingerprint density at radius 3 is 2.42 bits per heavy atom. The topological polar surface area (TPSA) is 70.2 Å². The third kappa shape index (κ3) is 2.69. The second-order valence-corrected chi connectivity index (χ2v) is 3.99. The average Bonchev–Trinajstić information content (AvgIpc) is 2.46. The zero-order valence-electron chi connectivity index (χ0n) is 10.3. The van der Waals surface area contributed by atoms with Gasteiger partial charge in [-0.15, -0.1) is 0 Å². The molecule has 0 unspecified atom stereocenters. The Bertz CT molecular complexity index is 644. The summed E-state index contributed by atoms with van der Waals surface area (Å²) < 4.78 is 0. The van der Waals surface area contributed by atoms with Gasteiger partial charge in [0.1, 0.15) is 0 Å². The van der Waals surface area contributed by atoms with Crippen LogP contribution in [0.2, 0.25) is 0 Å². The Morgan fingerprint density at radius 1 is 1.16 bits per heavy atom. The van der Waals surface area contributed by atoms with Crippen LogP contribution in [0, 0.1) is 21.4 Å². The van der Waals surface area contributed by atoms with E-state index in [4.69, 9.17) is 5.26 Å². The van der Waals surface area contributed by atoms with E-state index in [0.717, 1.165) is 11.4 Å². The molecule has 0 aliphatic carbocycles. The summed E-state index contributed by atoms with van der Waals surface area (Å²) in [5, 5.41) is 19.5. The van der Waals surface area contributed by atoms with E-state index in [-0.39, 0.29) is 5.69 Å². The summed E-state index contributed by atoms with van der Waals surface area (Å²) in [6.45, 7) is 0. The SMILES string of the molecule is CN(c1ccc([N+](=O)[O-])cc1)c1cccc(C#N)c1. The highest BCUT2D eigenvalue weighted by Gasteiger charge is 2.08. The number of non-ortho nitro benzene ring substituents is 1. The maximum atomic E-state index is 10.6. The molecule has 0 aliphatic heterocycles. The van der Waals surface area contributed by atoms with Crippen LogP contribution in [0.4, 0.5) is 17.1 Å². The zero-order chi connectivity index (χ0) is 13.8. The van der Waals surface area contributed by atoms with Gasteiger partial charge in [-0.3, -0.25) is 10.1 Å². The molecule has 0 heterocycles. The van der Waals surface area contributed by atoms with Crippen molar-refractivity contribution in [1.29, 1.82) is 5.26 Å². The molecule has 0 radical (unpaired) electrons. The molecular weight excluding hydrogens is 242 g/mol. The van der Waals surface area contributed by atoms with Crippen LogP contribution in [0.1, 0.15) is 5.56 Å². The summed E-state index contributed by atoms with van der Waals surface area (Å²) in [6, 6.07) is 15.5. The smallest absolute Gasteiger partial charge is 0.269 e. The molecule has 5 heteroatoms. The number of nitro groups is 1. The summed E-state index contributed by atoms with van der Waals surface area (Å²) in [5.74, 6) is 0. The predicted octanol–water partition coefficient (Wildman–Crippen LogP) is 3.23. The first kappa shape index (κ1) is 12.6. The summed E-state index contributed by atoms with van der Waals surface area (Å²) in [7, 11) is 1.84. The van der Waals surface area contributed by atoms with Crippen LogP contribution < -0.4 is 4.90 Å². The molecule has 0 amide bonds. The molecule has 0 bridgehead atoms. The second kappa shape index (κ2) is 5.19. The molecule has 0 fully saturated rings. The summed E-state index contributed by atoms with van der Waals surface area (Å²) in [4.78, 5) is 12.0. The van der Waals surface area contributed by atoms with Crippen molar-refractivity contribution in [3.05, 3.63) is 64.2 Å². The molecule has 0 saturated carbocycles. The maximum absolute atomic E-state index is 10.6. The third-order valence-electron chi connectivity index (χ3n) is 2.81. The van der Waals surface area contributed by atoms with Crippen molar-refractivity contribution in [1.82, 2.24) is 0 Å². The average molecular weight is 253 g/mol. The Labute approximate surface area is 110 Å². The van der Waals surface area contributed by atoms with Crippen LogP contribution >= 0.6 is 0 Å². The lowest BCUT2D eigenvalue weighted by Crippen LogP contribution is -2.09. The maximum Gasteiger partial charge on any atom is 0.269 e. The molecule has 2 aromatic carbocycles. The highest BCUT2D eigenvalue weighted by molar-refractivity contribution is 5.64. The normalized spacial score (nSPS) is 9.68. The molecule has 19 heavy (non-hydrogen) atoms. The molecule has 0 N–H and O–H groups in total. The lowest BCUT2D eigenvalue weighted by molar-refractivity contribution is -0.384. The number of nitriles is 1. The number of benzene rings is 2. The van der Waals surface area contributed by atoms with Crippen LogP contribution in [-0.4, -0.2) is 12.0 Å². The van der Waals surface area contributed by atoms with Gasteiger partial charge < -0.3 is 4.90 Å². The Kier molecular flexibility index (Phi) is 3.44. The minimum atomic E-state index is -0.430. The van der Waals surface area contributed by atoms with E-state index in [1.165, 1.54) is 12.1 Å². The van der Waals surface area contributed by atoms with Crippen molar-refractivity contribution in [2.75, 3.05) is 11.9 Å². The van der Waals surface area contributed by atoms with Crippen LogP contribution in [0.5, 0.6) is 0 Å². The first-order valence-corrected chi connectivity index (χ1v) is 5.60. The van der Waals surface area contributed by atoms with Gasteiger partial charge in [-0.05, 0) is 30.3 Å². The van der Waals surface area contributed by atoms with E-state index in [1.54, 1.807) is 30.3 Å². The van der Waals surface area contributed by atoms with Crippen molar-refractivity contribution >= 4 is 17.1 Å². The first-order chi connectivity index (χ1) is 9.11. The molecule has 0 spiro atoms.